The quantitative estimate of drug-likeness (QED) is 0.0773. The van der Waals surface area contributed by atoms with Crippen LogP contribution in [0.25, 0.3) is 0 Å². The lowest BCUT2D eigenvalue weighted by Crippen LogP contribution is -2.66. The average molecular weight is 913 g/mol. The second kappa shape index (κ2) is 17.7. The van der Waals surface area contributed by atoms with Gasteiger partial charge in [-0.25, -0.2) is 0 Å². The minimum atomic E-state index is -1.82. The van der Waals surface area contributed by atoms with Gasteiger partial charge in [0.25, 0.3) is 0 Å². The van der Waals surface area contributed by atoms with E-state index in [1.54, 1.807) is 0 Å². The molecular weight excluding hydrogens is 840 g/mol. The summed E-state index contributed by atoms with van der Waals surface area (Å²) in [7, 11) is 0. The van der Waals surface area contributed by atoms with Gasteiger partial charge in [0.2, 0.25) is 6.29 Å². The summed E-state index contributed by atoms with van der Waals surface area (Å²) in [4.78, 5) is 14.8. The Bertz CT molecular complexity index is 1760. The molecule has 3 aliphatic heterocycles. The Morgan fingerprint density at radius 2 is 1.41 bits per heavy atom. The Morgan fingerprint density at radius 3 is 2.09 bits per heavy atom. The van der Waals surface area contributed by atoms with Gasteiger partial charge in [-0.1, -0.05) is 51.5 Å². The molecule has 0 amide bonds. The van der Waals surface area contributed by atoms with Crippen molar-refractivity contribution < 1.29 is 89.4 Å². The number of hydrogen-bond acceptors (Lipinski definition) is 18. The lowest BCUT2D eigenvalue weighted by atomic mass is 9.34. The first-order valence-corrected chi connectivity index (χ1v) is 23.2. The second-order valence-corrected chi connectivity index (χ2v) is 21.5. The van der Waals surface area contributed by atoms with Crippen LogP contribution in [0, 0.1) is 44.8 Å². The fraction of sp³-hybridized carbons (Fsp3) is 0.891. The maximum absolute atomic E-state index is 14.8. The number of aliphatic hydroxyl groups is 11. The van der Waals surface area contributed by atoms with Gasteiger partial charge in [0.1, 0.15) is 67.1 Å². The monoisotopic (exact) mass is 912 g/mol. The number of carbonyl (C=O) groups is 1. The van der Waals surface area contributed by atoms with Crippen LogP contribution in [0.1, 0.15) is 91.9 Å². The standard InChI is InChI=1S/C46H72O18/c1-21-8-13-46(41(58)64-40-37(57)34(54)32(52)26(62-40)19-60-38-36(56)33(53)31(51)25(17-47)61-38)15-14-44(4)22(23(46)16-21)6-7-28-42(2)11-10-29(63-39-35(55)30(50)24(49)18-59-39)43(3,20-48)27(42)9-12-45(28,44)5/h6,23-40,47-57H,1,7-20H2,2-5H3/t23-,24-,25+,26+,27+,28+,29-,30-,31+,32+,33-,34-,35+,36+,37+,38+,39-,40-,42-,43-,44+,45+,46-/m0/s1. The van der Waals surface area contributed by atoms with Crippen LogP contribution >= 0.6 is 0 Å². The third-order valence-corrected chi connectivity index (χ3v) is 18.5. The molecule has 7 fully saturated rings. The van der Waals surface area contributed by atoms with Gasteiger partial charge in [0.05, 0.1) is 37.9 Å². The van der Waals surface area contributed by atoms with Crippen molar-refractivity contribution >= 4 is 5.97 Å². The highest BCUT2D eigenvalue weighted by Crippen LogP contribution is 2.75. The summed E-state index contributed by atoms with van der Waals surface area (Å²) in [6.45, 7) is 11.9. The molecule has 8 rings (SSSR count). The molecule has 5 aliphatic carbocycles. The molecule has 64 heavy (non-hydrogen) atoms. The number of esters is 1. The van der Waals surface area contributed by atoms with Crippen LogP contribution in [0.15, 0.2) is 23.8 Å². The summed E-state index contributed by atoms with van der Waals surface area (Å²) >= 11 is 0. The number of aliphatic hydroxyl groups excluding tert-OH is 11. The fourth-order valence-electron chi connectivity index (χ4n) is 14.2. The normalized spacial score (nSPS) is 54.1. The van der Waals surface area contributed by atoms with Gasteiger partial charge in [-0.2, -0.15) is 0 Å². The smallest absolute Gasteiger partial charge is 0.315 e. The molecule has 23 atom stereocenters. The van der Waals surface area contributed by atoms with Crippen LogP contribution in [0.3, 0.4) is 0 Å². The van der Waals surface area contributed by atoms with Crippen LogP contribution in [-0.4, -0.2) is 181 Å². The molecule has 364 valence electrons. The first kappa shape index (κ1) is 48.8. The van der Waals surface area contributed by atoms with E-state index in [2.05, 4.69) is 33.4 Å². The maximum atomic E-state index is 14.8. The zero-order chi connectivity index (χ0) is 46.5. The molecule has 0 unspecified atom stereocenters. The average Bonchev–Trinajstić information content (AvgIpc) is 3.27. The third-order valence-electron chi connectivity index (χ3n) is 18.5. The summed E-state index contributed by atoms with van der Waals surface area (Å²) in [5.41, 5.74) is -0.255. The Labute approximate surface area is 373 Å². The molecule has 0 aromatic heterocycles. The summed E-state index contributed by atoms with van der Waals surface area (Å²) < 4.78 is 35.0. The van der Waals surface area contributed by atoms with Gasteiger partial charge in [0, 0.05) is 11.3 Å². The topological polar surface area (TPSA) is 295 Å². The van der Waals surface area contributed by atoms with Crippen LogP contribution in [0.5, 0.6) is 0 Å². The Balaban J connectivity index is 1.01. The number of allylic oxidation sites excluding steroid dienone is 3. The van der Waals surface area contributed by atoms with Crippen LogP contribution in [-0.2, 0) is 33.2 Å². The van der Waals surface area contributed by atoms with E-state index in [0.717, 1.165) is 31.3 Å². The predicted octanol–water partition coefficient (Wildman–Crippen LogP) is -0.718. The lowest BCUT2D eigenvalue weighted by molar-refractivity contribution is -0.328. The molecule has 0 bridgehead atoms. The van der Waals surface area contributed by atoms with E-state index in [9.17, 15) is 61.0 Å². The Kier molecular flexibility index (Phi) is 13.5. The van der Waals surface area contributed by atoms with Gasteiger partial charge in [0.15, 0.2) is 12.6 Å². The van der Waals surface area contributed by atoms with E-state index in [4.69, 9.17) is 28.4 Å². The van der Waals surface area contributed by atoms with E-state index in [1.165, 1.54) is 5.57 Å². The van der Waals surface area contributed by atoms with E-state index in [-0.39, 0.29) is 47.2 Å². The summed E-state index contributed by atoms with van der Waals surface area (Å²) in [5, 5.41) is 116. The van der Waals surface area contributed by atoms with E-state index >= 15 is 0 Å². The maximum Gasteiger partial charge on any atom is 0.315 e. The number of fused-ring (bicyclic) bond motifs is 7. The number of ether oxygens (including phenoxy) is 6. The first-order chi connectivity index (χ1) is 30.1. The van der Waals surface area contributed by atoms with Crippen molar-refractivity contribution in [3.63, 3.8) is 0 Å². The highest BCUT2D eigenvalue weighted by Gasteiger charge is 2.70. The van der Waals surface area contributed by atoms with Crippen molar-refractivity contribution in [2.75, 3.05) is 26.4 Å². The van der Waals surface area contributed by atoms with Gasteiger partial charge in [-0.15, -0.1) is 0 Å². The van der Waals surface area contributed by atoms with Crippen molar-refractivity contribution in [1.82, 2.24) is 0 Å². The van der Waals surface area contributed by atoms with Crippen molar-refractivity contribution in [3.8, 4) is 0 Å². The van der Waals surface area contributed by atoms with Gasteiger partial charge in [-0.05, 0) is 92.3 Å². The first-order valence-electron chi connectivity index (χ1n) is 23.2. The van der Waals surface area contributed by atoms with Gasteiger partial charge in [-0.3, -0.25) is 4.79 Å². The molecule has 4 saturated carbocycles. The molecule has 3 heterocycles. The highest BCUT2D eigenvalue weighted by molar-refractivity contribution is 5.79. The summed E-state index contributed by atoms with van der Waals surface area (Å²) in [6, 6.07) is 0. The fourth-order valence-corrected chi connectivity index (χ4v) is 14.2. The van der Waals surface area contributed by atoms with Gasteiger partial charge >= 0.3 is 5.97 Å². The largest absolute Gasteiger partial charge is 0.432 e. The van der Waals surface area contributed by atoms with Crippen molar-refractivity contribution in [2.24, 2.45) is 44.8 Å². The van der Waals surface area contributed by atoms with Crippen LogP contribution < -0.4 is 0 Å². The summed E-state index contributed by atoms with van der Waals surface area (Å²) in [6.07, 6.45) is -13.2. The molecular formula is C46H72O18. The molecule has 8 aliphatic rings. The SMILES string of the molecule is C=C1CC[C@]2(C(=O)O[C@@H]3O[C@H](CO[C@@H]4O[C@H](CO)[C@@H](O)[C@H](O)[C@H]4O)[C@@H](O)[C@H](O)[C@H]3O)CC[C@]3(C)C(=CC[C@@H]4[C@@]5(C)CC[C@H](O[C@@H]6OC[C@H](O)[C@H](O)[C@H]6O)[C@@](C)(CO)[C@@H]5CC[C@]43C)[C@@H]2C1. The number of carbonyl (C=O) groups excluding carboxylic acids is 1. The molecule has 0 aromatic carbocycles. The van der Waals surface area contributed by atoms with Crippen molar-refractivity contribution in [3.05, 3.63) is 23.8 Å². The van der Waals surface area contributed by atoms with Crippen LogP contribution in [0.2, 0.25) is 0 Å². The molecule has 0 radical (unpaired) electrons. The molecule has 3 saturated heterocycles. The number of rotatable bonds is 9. The van der Waals surface area contributed by atoms with E-state index in [0.29, 0.717) is 38.5 Å². The minimum Gasteiger partial charge on any atom is -0.432 e. The zero-order valence-corrected chi connectivity index (χ0v) is 37.4. The van der Waals surface area contributed by atoms with Crippen LogP contribution in [0.4, 0.5) is 0 Å². The number of hydrogen-bond donors (Lipinski definition) is 11. The molecule has 18 heteroatoms. The summed E-state index contributed by atoms with van der Waals surface area (Å²) in [5.74, 6) is -0.610. The Morgan fingerprint density at radius 1 is 0.750 bits per heavy atom. The zero-order valence-electron chi connectivity index (χ0n) is 37.4. The highest BCUT2D eigenvalue weighted by atomic mass is 16.7. The van der Waals surface area contributed by atoms with E-state index in [1.807, 2.05) is 6.92 Å². The molecule has 11 N–H and O–H groups in total. The third kappa shape index (κ3) is 7.49. The Hall–Kier alpha value is -1.69. The molecule has 0 spiro atoms. The van der Waals surface area contributed by atoms with E-state index < -0.39 is 122 Å². The predicted molar refractivity (Wildman–Crippen MR) is 221 cm³/mol. The molecule has 0 aromatic rings. The minimum absolute atomic E-state index is 0.0472. The second-order valence-electron chi connectivity index (χ2n) is 21.5. The lowest BCUT2D eigenvalue weighted by Gasteiger charge is -2.71. The van der Waals surface area contributed by atoms with Crippen molar-refractivity contribution in [1.29, 1.82) is 0 Å². The van der Waals surface area contributed by atoms with Gasteiger partial charge < -0.3 is 84.6 Å². The van der Waals surface area contributed by atoms with Crippen molar-refractivity contribution in [2.45, 2.75) is 184 Å². The molecule has 18 nitrogen and oxygen atoms in total.